The van der Waals surface area contributed by atoms with Gasteiger partial charge in [0.25, 0.3) is 5.91 Å². The molecule has 162 valence electrons. The van der Waals surface area contributed by atoms with Crippen LogP contribution in [0.1, 0.15) is 22.0 Å². The second kappa shape index (κ2) is 9.52. The molecule has 6 nitrogen and oxygen atoms in total. The molecule has 2 aromatic carbocycles. The molecule has 32 heavy (non-hydrogen) atoms. The molecule has 0 saturated heterocycles. The molecule has 9 heteroatoms. The SMILES string of the molecule is O=C(CCc1ncc(-c2c(F)cccc2F)o1)Nc1cccc(NC(=O)c2cccs2)c1. The van der Waals surface area contributed by atoms with Crippen LogP contribution in [0.3, 0.4) is 0 Å². The minimum Gasteiger partial charge on any atom is -0.441 e. The molecule has 0 unspecified atom stereocenters. The summed E-state index contributed by atoms with van der Waals surface area (Å²) < 4.78 is 33.2. The standard InChI is InChI=1S/C23H17F2N3O3S/c24-16-6-2-7-17(25)22(16)18-13-26-21(31-18)10-9-20(29)27-14-4-1-5-15(12-14)28-23(30)19-8-3-11-32-19/h1-8,11-13H,9-10H2,(H,27,29)(H,28,30). The summed E-state index contributed by atoms with van der Waals surface area (Å²) in [6, 6.07) is 13.8. The first-order valence-corrected chi connectivity index (χ1v) is 10.5. The topological polar surface area (TPSA) is 84.2 Å². The Bertz CT molecular complexity index is 1230. The molecule has 0 bridgehead atoms. The lowest BCUT2D eigenvalue weighted by atomic mass is 10.1. The number of carbonyl (C=O) groups excluding carboxylic acids is 2. The van der Waals surface area contributed by atoms with Crippen molar-refractivity contribution >= 4 is 34.5 Å². The normalized spacial score (nSPS) is 10.7. The Morgan fingerprint density at radius 1 is 0.969 bits per heavy atom. The van der Waals surface area contributed by atoms with E-state index in [0.717, 1.165) is 12.1 Å². The van der Waals surface area contributed by atoms with Crippen LogP contribution in [0.2, 0.25) is 0 Å². The highest BCUT2D eigenvalue weighted by atomic mass is 32.1. The lowest BCUT2D eigenvalue weighted by Crippen LogP contribution is -2.13. The fourth-order valence-electron chi connectivity index (χ4n) is 2.99. The van der Waals surface area contributed by atoms with Crippen molar-refractivity contribution in [1.29, 1.82) is 0 Å². The molecule has 0 atom stereocenters. The molecule has 2 heterocycles. The Morgan fingerprint density at radius 3 is 2.41 bits per heavy atom. The van der Waals surface area contributed by atoms with E-state index >= 15 is 0 Å². The number of hydrogen-bond acceptors (Lipinski definition) is 5. The number of hydrogen-bond donors (Lipinski definition) is 2. The van der Waals surface area contributed by atoms with Gasteiger partial charge in [-0.05, 0) is 41.8 Å². The molecule has 0 aliphatic rings. The quantitative estimate of drug-likeness (QED) is 0.387. The van der Waals surface area contributed by atoms with Crippen LogP contribution in [0.25, 0.3) is 11.3 Å². The van der Waals surface area contributed by atoms with Crippen molar-refractivity contribution < 1.29 is 22.8 Å². The molecule has 4 aromatic rings. The van der Waals surface area contributed by atoms with Crippen LogP contribution in [0.15, 0.2) is 70.6 Å². The number of benzene rings is 2. The Morgan fingerprint density at radius 2 is 1.69 bits per heavy atom. The second-order valence-electron chi connectivity index (χ2n) is 6.78. The predicted molar refractivity (Wildman–Crippen MR) is 118 cm³/mol. The highest BCUT2D eigenvalue weighted by Crippen LogP contribution is 2.27. The van der Waals surface area contributed by atoms with Crippen molar-refractivity contribution in [2.45, 2.75) is 12.8 Å². The van der Waals surface area contributed by atoms with Crippen molar-refractivity contribution in [2.24, 2.45) is 0 Å². The third kappa shape index (κ3) is 5.06. The van der Waals surface area contributed by atoms with Crippen LogP contribution in [-0.2, 0) is 11.2 Å². The fourth-order valence-corrected chi connectivity index (χ4v) is 3.61. The van der Waals surface area contributed by atoms with E-state index in [9.17, 15) is 18.4 Å². The van der Waals surface area contributed by atoms with Gasteiger partial charge in [-0.1, -0.05) is 18.2 Å². The second-order valence-corrected chi connectivity index (χ2v) is 7.72. The number of rotatable bonds is 7. The number of halogens is 2. The highest BCUT2D eigenvalue weighted by molar-refractivity contribution is 7.12. The predicted octanol–water partition coefficient (Wildman–Crippen LogP) is 5.50. The number of carbonyl (C=O) groups is 2. The molecular formula is C23H17F2N3O3S. The molecule has 2 aromatic heterocycles. The summed E-state index contributed by atoms with van der Waals surface area (Å²) in [6.07, 6.45) is 1.43. The number of amides is 2. The molecule has 2 N–H and O–H groups in total. The van der Waals surface area contributed by atoms with Gasteiger partial charge < -0.3 is 15.1 Å². The van der Waals surface area contributed by atoms with Gasteiger partial charge in [0.05, 0.1) is 16.6 Å². The van der Waals surface area contributed by atoms with Gasteiger partial charge in [-0.15, -0.1) is 11.3 Å². The number of nitrogens with one attached hydrogen (secondary N) is 2. The lowest BCUT2D eigenvalue weighted by molar-refractivity contribution is -0.116. The third-order valence-corrected chi connectivity index (χ3v) is 5.35. The third-order valence-electron chi connectivity index (χ3n) is 4.48. The number of anilines is 2. The van der Waals surface area contributed by atoms with E-state index in [1.165, 1.54) is 23.6 Å². The van der Waals surface area contributed by atoms with E-state index in [4.69, 9.17) is 4.42 Å². The van der Waals surface area contributed by atoms with Crippen molar-refractivity contribution in [3.63, 3.8) is 0 Å². The van der Waals surface area contributed by atoms with Gasteiger partial charge in [-0.25, -0.2) is 13.8 Å². The van der Waals surface area contributed by atoms with Crippen LogP contribution >= 0.6 is 11.3 Å². The summed E-state index contributed by atoms with van der Waals surface area (Å²) in [6.45, 7) is 0. The fraction of sp³-hybridized carbons (Fsp3) is 0.0870. The molecule has 0 fully saturated rings. The van der Waals surface area contributed by atoms with Gasteiger partial charge in [-0.2, -0.15) is 0 Å². The van der Waals surface area contributed by atoms with Gasteiger partial charge in [0.2, 0.25) is 5.91 Å². The van der Waals surface area contributed by atoms with Gasteiger partial charge in [0, 0.05) is 24.2 Å². The van der Waals surface area contributed by atoms with Crippen LogP contribution in [0.5, 0.6) is 0 Å². The van der Waals surface area contributed by atoms with E-state index in [0.29, 0.717) is 16.3 Å². The average Bonchev–Trinajstić information content (AvgIpc) is 3.45. The zero-order chi connectivity index (χ0) is 22.5. The van der Waals surface area contributed by atoms with Gasteiger partial charge in [-0.3, -0.25) is 9.59 Å². The summed E-state index contributed by atoms with van der Waals surface area (Å²) in [4.78, 5) is 29.0. The van der Waals surface area contributed by atoms with Crippen molar-refractivity contribution in [1.82, 2.24) is 4.98 Å². The first-order chi connectivity index (χ1) is 15.5. The monoisotopic (exact) mass is 453 g/mol. The Balaban J connectivity index is 1.34. The van der Waals surface area contributed by atoms with Crippen LogP contribution in [0, 0.1) is 11.6 Å². The summed E-state index contributed by atoms with van der Waals surface area (Å²) in [7, 11) is 0. The number of oxazole rings is 1. The first-order valence-electron chi connectivity index (χ1n) is 9.63. The molecule has 0 aliphatic heterocycles. The summed E-state index contributed by atoms with van der Waals surface area (Å²) in [5.41, 5.74) is 0.767. The maximum atomic E-state index is 13.9. The number of aromatic nitrogens is 1. The Hall–Kier alpha value is -3.85. The van der Waals surface area contributed by atoms with Crippen molar-refractivity contribution in [3.05, 3.63) is 88.6 Å². The minimum atomic E-state index is -0.753. The van der Waals surface area contributed by atoms with Gasteiger partial charge >= 0.3 is 0 Å². The Kier molecular flexibility index (Phi) is 6.37. The van der Waals surface area contributed by atoms with E-state index in [1.54, 1.807) is 36.4 Å². The summed E-state index contributed by atoms with van der Waals surface area (Å²) in [5.74, 6) is -1.88. The van der Waals surface area contributed by atoms with Crippen LogP contribution < -0.4 is 10.6 Å². The van der Waals surface area contributed by atoms with E-state index in [-0.39, 0.29) is 41.9 Å². The lowest BCUT2D eigenvalue weighted by Gasteiger charge is -2.08. The smallest absolute Gasteiger partial charge is 0.265 e. The molecule has 0 spiro atoms. The molecule has 4 rings (SSSR count). The molecule has 0 aliphatic carbocycles. The number of aryl methyl sites for hydroxylation is 1. The van der Waals surface area contributed by atoms with E-state index < -0.39 is 11.6 Å². The van der Waals surface area contributed by atoms with Crippen LogP contribution in [-0.4, -0.2) is 16.8 Å². The Labute approximate surface area is 185 Å². The van der Waals surface area contributed by atoms with Gasteiger partial charge in [0.15, 0.2) is 11.7 Å². The summed E-state index contributed by atoms with van der Waals surface area (Å²) in [5, 5.41) is 7.33. The van der Waals surface area contributed by atoms with Crippen molar-refractivity contribution in [3.8, 4) is 11.3 Å². The molecule has 0 radical (unpaired) electrons. The van der Waals surface area contributed by atoms with E-state index in [1.807, 2.05) is 5.38 Å². The molecule has 2 amide bonds. The zero-order valence-electron chi connectivity index (χ0n) is 16.6. The minimum absolute atomic E-state index is 0.0369. The molecular weight excluding hydrogens is 436 g/mol. The number of thiophene rings is 1. The molecule has 0 saturated carbocycles. The summed E-state index contributed by atoms with van der Waals surface area (Å²) >= 11 is 1.33. The van der Waals surface area contributed by atoms with Crippen molar-refractivity contribution in [2.75, 3.05) is 10.6 Å². The number of nitrogens with zero attached hydrogens (tertiary/aromatic N) is 1. The zero-order valence-corrected chi connectivity index (χ0v) is 17.4. The largest absolute Gasteiger partial charge is 0.441 e. The average molecular weight is 453 g/mol. The maximum Gasteiger partial charge on any atom is 0.265 e. The van der Waals surface area contributed by atoms with E-state index in [2.05, 4.69) is 15.6 Å². The van der Waals surface area contributed by atoms with Crippen LogP contribution in [0.4, 0.5) is 20.2 Å². The first kappa shape index (κ1) is 21.4. The maximum absolute atomic E-state index is 13.9. The van der Waals surface area contributed by atoms with Gasteiger partial charge in [0.1, 0.15) is 11.6 Å². The highest BCUT2D eigenvalue weighted by Gasteiger charge is 2.16.